The minimum atomic E-state index is -0.319. The van der Waals surface area contributed by atoms with E-state index in [1.54, 1.807) is 30.5 Å². The fraction of sp³-hybridized carbons (Fsp3) is 0.0625. The SMILES string of the molecule is COc1ccc(NC(=O)c2cc(-c3ccccn3)n[nH]2)cc1Cl. The van der Waals surface area contributed by atoms with Gasteiger partial charge in [-0.3, -0.25) is 14.9 Å². The Morgan fingerprint density at radius 2 is 2.09 bits per heavy atom. The first-order chi connectivity index (χ1) is 11.2. The van der Waals surface area contributed by atoms with Crippen LogP contribution in [0.25, 0.3) is 11.4 Å². The predicted molar refractivity (Wildman–Crippen MR) is 87.8 cm³/mol. The van der Waals surface area contributed by atoms with E-state index in [9.17, 15) is 4.79 Å². The minimum Gasteiger partial charge on any atom is -0.495 e. The summed E-state index contributed by atoms with van der Waals surface area (Å²) < 4.78 is 5.07. The van der Waals surface area contributed by atoms with Gasteiger partial charge in [-0.1, -0.05) is 17.7 Å². The summed E-state index contributed by atoms with van der Waals surface area (Å²) in [7, 11) is 1.53. The number of amides is 1. The summed E-state index contributed by atoms with van der Waals surface area (Å²) in [4.78, 5) is 16.4. The number of pyridine rings is 1. The fourth-order valence-electron chi connectivity index (χ4n) is 2.03. The van der Waals surface area contributed by atoms with Crippen molar-refractivity contribution in [1.29, 1.82) is 0 Å². The maximum atomic E-state index is 12.2. The van der Waals surface area contributed by atoms with Crippen LogP contribution in [-0.4, -0.2) is 28.2 Å². The highest BCUT2D eigenvalue weighted by molar-refractivity contribution is 6.32. The standard InChI is InChI=1S/C16H13ClN4O2/c1-23-15-6-5-10(8-11(15)17)19-16(22)14-9-13(20-21-14)12-4-2-3-7-18-12/h2-9H,1H3,(H,19,22)(H,20,21). The number of hydrogen-bond donors (Lipinski definition) is 2. The molecule has 2 heterocycles. The molecule has 0 atom stereocenters. The van der Waals surface area contributed by atoms with Crippen LogP contribution in [0.1, 0.15) is 10.5 Å². The average molecular weight is 329 g/mol. The molecule has 1 aromatic carbocycles. The quantitative estimate of drug-likeness (QED) is 0.769. The second kappa shape index (κ2) is 6.50. The van der Waals surface area contributed by atoms with Gasteiger partial charge in [0.25, 0.3) is 5.91 Å². The Balaban J connectivity index is 1.76. The van der Waals surface area contributed by atoms with E-state index in [-0.39, 0.29) is 5.91 Å². The molecule has 2 aromatic heterocycles. The van der Waals surface area contributed by atoms with E-state index in [4.69, 9.17) is 16.3 Å². The van der Waals surface area contributed by atoms with Crippen LogP contribution in [0.15, 0.2) is 48.7 Å². The van der Waals surface area contributed by atoms with Crippen molar-refractivity contribution in [3.63, 3.8) is 0 Å². The largest absolute Gasteiger partial charge is 0.495 e. The number of H-pyrrole nitrogens is 1. The molecular formula is C16H13ClN4O2. The Bertz CT molecular complexity index is 833. The first-order valence-electron chi connectivity index (χ1n) is 6.79. The lowest BCUT2D eigenvalue weighted by Crippen LogP contribution is -2.12. The number of nitrogens with zero attached hydrogens (tertiary/aromatic N) is 2. The lowest BCUT2D eigenvalue weighted by molar-refractivity contribution is 0.102. The number of rotatable bonds is 4. The molecule has 0 unspecified atom stereocenters. The number of aromatic amines is 1. The van der Waals surface area contributed by atoms with Gasteiger partial charge in [0.1, 0.15) is 17.1 Å². The van der Waals surface area contributed by atoms with Crippen molar-refractivity contribution in [2.24, 2.45) is 0 Å². The highest BCUT2D eigenvalue weighted by Gasteiger charge is 2.12. The highest BCUT2D eigenvalue weighted by Crippen LogP contribution is 2.27. The van der Waals surface area contributed by atoms with Crippen LogP contribution in [-0.2, 0) is 0 Å². The van der Waals surface area contributed by atoms with E-state index in [1.165, 1.54) is 7.11 Å². The van der Waals surface area contributed by atoms with Crippen LogP contribution in [0.3, 0.4) is 0 Å². The number of carbonyl (C=O) groups is 1. The molecule has 0 aliphatic rings. The van der Waals surface area contributed by atoms with Gasteiger partial charge in [0.2, 0.25) is 0 Å². The third-order valence-corrected chi connectivity index (χ3v) is 3.45. The van der Waals surface area contributed by atoms with Crippen molar-refractivity contribution < 1.29 is 9.53 Å². The normalized spacial score (nSPS) is 10.3. The summed E-state index contributed by atoms with van der Waals surface area (Å²) in [6, 6.07) is 12.1. The Morgan fingerprint density at radius 3 is 2.78 bits per heavy atom. The van der Waals surface area contributed by atoms with Gasteiger partial charge in [0, 0.05) is 11.9 Å². The number of halogens is 1. The van der Waals surface area contributed by atoms with Crippen molar-refractivity contribution >= 4 is 23.2 Å². The summed E-state index contributed by atoms with van der Waals surface area (Å²) in [6.45, 7) is 0. The highest BCUT2D eigenvalue weighted by atomic mass is 35.5. The molecule has 3 aromatic rings. The monoisotopic (exact) mass is 328 g/mol. The average Bonchev–Trinajstić information content (AvgIpc) is 3.06. The van der Waals surface area contributed by atoms with E-state index in [0.717, 1.165) is 0 Å². The van der Waals surface area contributed by atoms with E-state index in [0.29, 0.717) is 33.5 Å². The fourth-order valence-corrected chi connectivity index (χ4v) is 2.28. The zero-order valence-corrected chi connectivity index (χ0v) is 13.0. The number of carbonyl (C=O) groups excluding carboxylic acids is 1. The third kappa shape index (κ3) is 3.32. The first kappa shape index (κ1) is 15.1. The van der Waals surface area contributed by atoms with Crippen LogP contribution in [0.4, 0.5) is 5.69 Å². The van der Waals surface area contributed by atoms with E-state index >= 15 is 0 Å². The number of hydrogen-bond acceptors (Lipinski definition) is 4. The molecule has 3 rings (SSSR count). The Hall–Kier alpha value is -2.86. The summed E-state index contributed by atoms with van der Waals surface area (Å²) in [5.41, 5.74) is 2.19. The molecule has 23 heavy (non-hydrogen) atoms. The minimum absolute atomic E-state index is 0.319. The molecule has 0 spiro atoms. The number of methoxy groups -OCH3 is 1. The van der Waals surface area contributed by atoms with Crippen LogP contribution < -0.4 is 10.1 Å². The van der Waals surface area contributed by atoms with Gasteiger partial charge >= 0.3 is 0 Å². The number of benzene rings is 1. The lowest BCUT2D eigenvalue weighted by atomic mass is 10.2. The van der Waals surface area contributed by atoms with Gasteiger partial charge in [0.15, 0.2) is 0 Å². The smallest absolute Gasteiger partial charge is 0.273 e. The van der Waals surface area contributed by atoms with Gasteiger partial charge in [0.05, 0.1) is 17.8 Å². The molecule has 1 amide bonds. The summed E-state index contributed by atoms with van der Waals surface area (Å²) in [5, 5.41) is 9.97. The zero-order chi connectivity index (χ0) is 16.2. The maximum Gasteiger partial charge on any atom is 0.273 e. The van der Waals surface area contributed by atoms with Crippen molar-refractivity contribution in [1.82, 2.24) is 15.2 Å². The number of nitrogens with one attached hydrogen (secondary N) is 2. The van der Waals surface area contributed by atoms with Gasteiger partial charge in [-0.15, -0.1) is 0 Å². The zero-order valence-electron chi connectivity index (χ0n) is 12.2. The third-order valence-electron chi connectivity index (χ3n) is 3.16. The molecule has 0 fully saturated rings. The lowest BCUT2D eigenvalue weighted by Gasteiger charge is -2.07. The maximum absolute atomic E-state index is 12.2. The Labute approximate surface area is 137 Å². The van der Waals surface area contributed by atoms with Crippen LogP contribution in [0.2, 0.25) is 5.02 Å². The van der Waals surface area contributed by atoms with Gasteiger partial charge in [-0.2, -0.15) is 5.10 Å². The van der Waals surface area contributed by atoms with Crippen LogP contribution in [0, 0.1) is 0 Å². The number of ether oxygens (including phenoxy) is 1. The molecule has 0 radical (unpaired) electrons. The van der Waals surface area contributed by atoms with Gasteiger partial charge in [-0.25, -0.2) is 0 Å². The van der Waals surface area contributed by atoms with E-state index in [2.05, 4.69) is 20.5 Å². The van der Waals surface area contributed by atoms with E-state index in [1.807, 2.05) is 18.2 Å². The predicted octanol–water partition coefficient (Wildman–Crippen LogP) is 3.39. The molecule has 0 aliphatic carbocycles. The molecule has 0 saturated heterocycles. The first-order valence-corrected chi connectivity index (χ1v) is 7.17. The van der Waals surface area contributed by atoms with Crippen molar-refractivity contribution in [2.45, 2.75) is 0 Å². The van der Waals surface area contributed by atoms with Crippen LogP contribution >= 0.6 is 11.6 Å². The molecule has 116 valence electrons. The van der Waals surface area contributed by atoms with Crippen LogP contribution in [0.5, 0.6) is 5.75 Å². The molecule has 0 aliphatic heterocycles. The summed E-state index contributed by atoms with van der Waals surface area (Å²) in [6.07, 6.45) is 1.67. The summed E-state index contributed by atoms with van der Waals surface area (Å²) >= 11 is 6.04. The number of aromatic nitrogens is 3. The summed E-state index contributed by atoms with van der Waals surface area (Å²) in [5.74, 6) is 0.226. The molecule has 2 N–H and O–H groups in total. The second-order valence-electron chi connectivity index (χ2n) is 4.69. The molecular weight excluding hydrogens is 316 g/mol. The Kier molecular flexibility index (Phi) is 4.25. The van der Waals surface area contributed by atoms with Gasteiger partial charge < -0.3 is 10.1 Å². The molecule has 7 heteroatoms. The van der Waals surface area contributed by atoms with Gasteiger partial charge in [-0.05, 0) is 36.4 Å². The Morgan fingerprint density at radius 1 is 1.22 bits per heavy atom. The number of anilines is 1. The second-order valence-corrected chi connectivity index (χ2v) is 5.09. The van der Waals surface area contributed by atoms with Crippen molar-refractivity contribution in [2.75, 3.05) is 12.4 Å². The van der Waals surface area contributed by atoms with E-state index < -0.39 is 0 Å². The molecule has 6 nitrogen and oxygen atoms in total. The molecule has 0 bridgehead atoms. The topological polar surface area (TPSA) is 79.9 Å². The molecule has 0 saturated carbocycles. The van der Waals surface area contributed by atoms with Crippen molar-refractivity contribution in [3.05, 3.63) is 59.4 Å². The van der Waals surface area contributed by atoms with Crippen molar-refractivity contribution in [3.8, 4) is 17.1 Å².